The molecule has 0 unspecified atom stereocenters. The van der Waals surface area contributed by atoms with Crippen LogP contribution in [0.25, 0.3) is 0 Å². The van der Waals surface area contributed by atoms with E-state index in [1.54, 1.807) is 14.1 Å². The highest BCUT2D eigenvalue weighted by Crippen LogP contribution is 2.25. The van der Waals surface area contributed by atoms with Crippen molar-refractivity contribution in [3.05, 3.63) is 47.5 Å². The molecule has 0 spiro atoms. The number of carbonyl (C=O) groups excluding carboxylic acids is 2. The smallest absolute Gasteiger partial charge is 0.229 e. The van der Waals surface area contributed by atoms with Crippen molar-refractivity contribution < 1.29 is 28.5 Å². The number of benzene rings is 2. The number of hydrogen-bond acceptors (Lipinski definition) is 8. The van der Waals surface area contributed by atoms with Crippen LogP contribution in [-0.2, 0) is 9.59 Å². The zero-order valence-electron chi connectivity index (χ0n) is 24.3. The highest BCUT2D eigenvalue weighted by Gasteiger charge is 2.13. The number of rotatable bonds is 12. The molecule has 10 nitrogen and oxygen atoms in total. The normalized spacial score (nSPS) is 9.60. The second-order valence-electron chi connectivity index (χ2n) is 7.73. The highest BCUT2D eigenvalue weighted by molar-refractivity contribution is 7.81. The maximum atomic E-state index is 10.1. The van der Waals surface area contributed by atoms with Gasteiger partial charge in [-0.05, 0) is 71.0 Å². The lowest BCUT2D eigenvalue weighted by Gasteiger charge is -2.12. The molecule has 0 heterocycles. The monoisotopic (exact) mass is 594 g/mol. The summed E-state index contributed by atoms with van der Waals surface area (Å²) in [6.07, 6.45) is 0. The van der Waals surface area contributed by atoms with Crippen LogP contribution in [-0.4, -0.2) is 62.3 Å². The average molecular weight is 595 g/mol. The average Bonchev–Trinajstić information content (AvgIpc) is 2.94. The van der Waals surface area contributed by atoms with Gasteiger partial charge in [0.05, 0.1) is 37.6 Å². The van der Waals surface area contributed by atoms with E-state index in [9.17, 15) is 9.59 Å². The van der Waals surface area contributed by atoms with Crippen molar-refractivity contribution in [2.24, 2.45) is 17.4 Å². The van der Waals surface area contributed by atoms with Gasteiger partial charge in [-0.3, -0.25) is 9.59 Å². The Morgan fingerprint density at radius 2 is 1.02 bits per heavy atom. The number of thiocarbonyl (C=S) groups is 2. The summed E-state index contributed by atoms with van der Waals surface area (Å²) in [7, 11) is 3.59. The maximum absolute atomic E-state index is 10.1. The molecular formula is C28H42N4O6S2. The Bertz CT molecular complexity index is 1030. The maximum Gasteiger partial charge on any atom is 0.229 e. The van der Waals surface area contributed by atoms with Gasteiger partial charge in [0.2, 0.25) is 11.8 Å². The van der Waals surface area contributed by atoms with Gasteiger partial charge in [0.25, 0.3) is 0 Å². The third kappa shape index (κ3) is 12.9. The van der Waals surface area contributed by atoms with Gasteiger partial charge in [-0.2, -0.15) is 0 Å². The molecule has 0 atom stereocenters. The lowest BCUT2D eigenvalue weighted by Crippen LogP contribution is -2.32. The summed E-state index contributed by atoms with van der Waals surface area (Å²) < 4.78 is 21.9. The molecule has 0 bridgehead atoms. The number of ether oxygens (including phenoxy) is 4. The first kappa shape index (κ1) is 36.4. The molecule has 40 heavy (non-hydrogen) atoms. The molecule has 0 aromatic heterocycles. The predicted molar refractivity (Wildman–Crippen MR) is 167 cm³/mol. The topological polar surface area (TPSA) is 147 Å². The van der Waals surface area contributed by atoms with E-state index in [0.29, 0.717) is 36.4 Å². The molecule has 0 saturated carbocycles. The van der Waals surface area contributed by atoms with Gasteiger partial charge < -0.3 is 41.0 Å². The standard InChI is InChI=1S/2C12H17NO2S.C4H8N2O2/c2*1-4-14-9-6-7-11(15-5-2)10(8-9)12(16)13-3;1-2(3(5)7)4(6)8/h2*6-8H,4-5H2,1-3H3,(H,13,16);2H,1H3,(H2,5,7)(H2,6,8). The summed E-state index contributed by atoms with van der Waals surface area (Å²) in [6.45, 7) is 11.7. The van der Waals surface area contributed by atoms with E-state index in [4.69, 9.17) is 54.9 Å². The van der Waals surface area contributed by atoms with Gasteiger partial charge in [0, 0.05) is 14.1 Å². The van der Waals surface area contributed by atoms with Crippen molar-refractivity contribution in [1.29, 1.82) is 0 Å². The minimum atomic E-state index is -0.852. The van der Waals surface area contributed by atoms with Crippen LogP contribution in [0.15, 0.2) is 36.4 Å². The molecule has 222 valence electrons. The summed E-state index contributed by atoms with van der Waals surface area (Å²) in [5.74, 6) is 0.956. The van der Waals surface area contributed by atoms with Gasteiger partial charge in [0.15, 0.2) is 0 Å². The first-order valence-electron chi connectivity index (χ1n) is 12.8. The van der Waals surface area contributed by atoms with E-state index in [0.717, 1.165) is 34.1 Å². The Morgan fingerprint density at radius 3 is 1.25 bits per heavy atom. The summed E-state index contributed by atoms with van der Waals surface area (Å²) in [5.41, 5.74) is 11.1. The molecule has 2 aromatic rings. The van der Waals surface area contributed by atoms with E-state index in [1.165, 1.54) is 6.92 Å². The van der Waals surface area contributed by atoms with Crippen LogP contribution in [0.5, 0.6) is 23.0 Å². The van der Waals surface area contributed by atoms with Crippen molar-refractivity contribution in [1.82, 2.24) is 10.6 Å². The zero-order valence-corrected chi connectivity index (χ0v) is 25.9. The Morgan fingerprint density at radius 1 is 0.700 bits per heavy atom. The molecule has 0 saturated heterocycles. The van der Waals surface area contributed by atoms with Gasteiger partial charge in [-0.15, -0.1) is 0 Å². The Labute approximate surface area is 248 Å². The molecule has 2 aromatic carbocycles. The van der Waals surface area contributed by atoms with Crippen LogP contribution in [0.4, 0.5) is 0 Å². The van der Waals surface area contributed by atoms with Gasteiger partial charge in [0.1, 0.15) is 38.9 Å². The summed E-state index contributed by atoms with van der Waals surface area (Å²) in [6, 6.07) is 11.3. The minimum absolute atomic E-state index is 0.618. The molecule has 12 heteroatoms. The predicted octanol–water partition coefficient (Wildman–Crippen LogP) is 3.35. The highest BCUT2D eigenvalue weighted by atomic mass is 32.1. The lowest BCUT2D eigenvalue weighted by atomic mass is 10.2. The SMILES string of the molecule is CC(C(N)=O)C(N)=O.CCOc1ccc(OCC)c(C(=S)NC)c1.CCOc1ccc(OCC)c(C(=S)NC)c1. The Hall–Kier alpha value is -3.64. The number of carbonyl (C=O) groups is 2. The van der Waals surface area contributed by atoms with Crippen LogP contribution < -0.4 is 41.0 Å². The second-order valence-corrected chi connectivity index (χ2v) is 8.55. The molecule has 0 fully saturated rings. The third-order valence-electron chi connectivity index (χ3n) is 4.92. The van der Waals surface area contributed by atoms with E-state index in [-0.39, 0.29) is 0 Å². The van der Waals surface area contributed by atoms with Gasteiger partial charge in [-0.25, -0.2) is 0 Å². The molecule has 2 rings (SSSR count). The lowest BCUT2D eigenvalue weighted by molar-refractivity contribution is -0.130. The fourth-order valence-corrected chi connectivity index (χ4v) is 3.18. The first-order valence-corrected chi connectivity index (χ1v) is 13.6. The third-order valence-corrected chi connectivity index (χ3v) is 5.77. The van der Waals surface area contributed by atoms with E-state index < -0.39 is 17.7 Å². The van der Waals surface area contributed by atoms with Gasteiger partial charge in [-0.1, -0.05) is 24.4 Å². The molecule has 0 aliphatic carbocycles. The van der Waals surface area contributed by atoms with E-state index >= 15 is 0 Å². The van der Waals surface area contributed by atoms with Crippen molar-refractivity contribution in [3.8, 4) is 23.0 Å². The number of amides is 2. The number of nitrogens with one attached hydrogen (secondary N) is 2. The van der Waals surface area contributed by atoms with Gasteiger partial charge >= 0.3 is 0 Å². The van der Waals surface area contributed by atoms with Crippen LogP contribution in [0, 0.1) is 5.92 Å². The van der Waals surface area contributed by atoms with Crippen molar-refractivity contribution in [3.63, 3.8) is 0 Å². The number of hydrogen-bond donors (Lipinski definition) is 4. The first-order chi connectivity index (χ1) is 19.0. The fourth-order valence-electron chi connectivity index (χ4n) is 2.86. The van der Waals surface area contributed by atoms with Crippen molar-refractivity contribution >= 4 is 46.2 Å². The second kappa shape index (κ2) is 20.3. The van der Waals surface area contributed by atoms with Crippen LogP contribution >= 0.6 is 24.4 Å². The molecule has 6 N–H and O–H groups in total. The number of primary amides is 2. The largest absolute Gasteiger partial charge is 0.494 e. The van der Waals surface area contributed by atoms with E-state index in [1.807, 2.05) is 64.1 Å². The molecule has 0 aliphatic rings. The molecule has 2 amide bonds. The van der Waals surface area contributed by atoms with Crippen LogP contribution in [0.2, 0.25) is 0 Å². The molecular weight excluding hydrogens is 552 g/mol. The van der Waals surface area contributed by atoms with Crippen molar-refractivity contribution in [2.75, 3.05) is 40.5 Å². The van der Waals surface area contributed by atoms with Crippen molar-refractivity contribution in [2.45, 2.75) is 34.6 Å². The summed E-state index contributed by atoms with van der Waals surface area (Å²) in [4.78, 5) is 21.4. The Balaban J connectivity index is 0.000000605. The molecule has 0 aliphatic heterocycles. The fraction of sp³-hybridized carbons (Fsp3) is 0.429. The minimum Gasteiger partial charge on any atom is -0.494 e. The Kier molecular flexibility index (Phi) is 18.4. The quantitative estimate of drug-likeness (QED) is 0.213. The van der Waals surface area contributed by atoms with Crippen LogP contribution in [0.1, 0.15) is 45.7 Å². The van der Waals surface area contributed by atoms with Crippen LogP contribution in [0.3, 0.4) is 0 Å². The zero-order chi connectivity index (χ0) is 30.7. The number of nitrogens with two attached hydrogens (primary N) is 2. The van der Waals surface area contributed by atoms with E-state index in [2.05, 4.69) is 10.6 Å². The molecule has 0 radical (unpaired) electrons. The summed E-state index contributed by atoms with van der Waals surface area (Å²) >= 11 is 10.4. The summed E-state index contributed by atoms with van der Waals surface area (Å²) in [5, 5.41) is 5.89.